The lowest BCUT2D eigenvalue weighted by molar-refractivity contribution is -0.167. The molecule has 0 saturated carbocycles. The van der Waals surface area contributed by atoms with Gasteiger partial charge in [-0.05, 0) is 109 Å². The first kappa shape index (κ1) is 72.1. The van der Waals surface area contributed by atoms with Crippen molar-refractivity contribution in [3.63, 3.8) is 0 Å². The van der Waals surface area contributed by atoms with Gasteiger partial charge in [0.1, 0.15) is 13.2 Å². The van der Waals surface area contributed by atoms with Crippen LogP contribution >= 0.6 is 0 Å². The molecule has 0 saturated heterocycles. The lowest BCUT2D eigenvalue weighted by Gasteiger charge is -2.18. The number of rotatable bonds is 57. The van der Waals surface area contributed by atoms with Gasteiger partial charge in [0.05, 0.1) is 0 Å². The van der Waals surface area contributed by atoms with Gasteiger partial charge in [-0.15, -0.1) is 0 Å². The van der Waals surface area contributed by atoms with Gasteiger partial charge in [-0.25, -0.2) is 0 Å². The van der Waals surface area contributed by atoms with Crippen LogP contribution in [0.1, 0.15) is 297 Å². The molecule has 0 aliphatic heterocycles. The standard InChI is InChI=1S/C70H118O6/c1-4-7-10-13-16-19-21-23-25-27-29-31-32-33-34-35-36-37-38-40-41-43-45-47-49-51-54-57-60-63-69(72)75-66-67(65-74-68(71)62-59-56-53-18-15-12-9-6-3)76-70(73)64-61-58-55-52-50-48-46-44-42-39-30-28-26-24-22-20-17-14-11-8-5-2/h7,10,16,19,23,25,28-31,33-34,36-37,40-41,45,47,67H,4-6,8-9,11-15,17-18,20-22,24,26-27,32,35,38-39,42-44,46,48-66H2,1-3H3/b10-7-,19-16-,25-23-,30-28-,31-29-,34-33-,37-36-,41-40-,47-45-. The number of carbonyl (C=O) groups excluding carboxylic acids is 3. The quantitative estimate of drug-likeness (QED) is 0.0261. The van der Waals surface area contributed by atoms with E-state index < -0.39 is 6.10 Å². The molecule has 0 radical (unpaired) electrons. The Morgan fingerprint density at radius 3 is 0.816 bits per heavy atom. The predicted octanol–water partition coefficient (Wildman–Crippen LogP) is 21.8. The fourth-order valence-electron chi connectivity index (χ4n) is 8.75. The normalized spacial score (nSPS) is 12.8. The SMILES string of the molecule is CC/C=C\C/C=C\C/C=C\C/C=C\C/C=C\C/C=C\C/C=C\C/C=C\CCCCCCC(=O)OCC(COC(=O)CCCCCCCCCC)OC(=O)CCCCCCCCCCC/C=C\CCCCCCCCCC. The van der Waals surface area contributed by atoms with Crippen molar-refractivity contribution in [2.24, 2.45) is 0 Å². The van der Waals surface area contributed by atoms with Crippen molar-refractivity contribution in [3.8, 4) is 0 Å². The van der Waals surface area contributed by atoms with Crippen molar-refractivity contribution < 1.29 is 28.6 Å². The van der Waals surface area contributed by atoms with Crippen molar-refractivity contribution >= 4 is 17.9 Å². The number of hydrogen-bond acceptors (Lipinski definition) is 6. The topological polar surface area (TPSA) is 78.9 Å². The van der Waals surface area contributed by atoms with Gasteiger partial charge in [-0.2, -0.15) is 0 Å². The zero-order valence-corrected chi connectivity index (χ0v) is 49.7. The molecule has 1 unspecified atom stereocenters. The number of unbranched alkanes of at least 4 members (excludes halogenated alkanes) is 28. The second-order valence-electron chi connectivity index (χ2n) is 20.9. The summed E-state index contributed by atoms with van der Waals surface area (Å²) in [4.78, 5) is 38.1. The first-order chi connectivity index (χ1) is 37.5. The molecule has 0 heterocycles. The summed E-state index contributed by atoms with van der Waals surface area (Å²) in [6, 6.07) is 0. The molecule has 0 rings (SSSR count). The summed E-state index contributed by atoms with van der Waals surface area (Å²) in [6.45, 7) is 6.49. The minimum absolute atomic E-state index is 0.0861. The van der Waals surface area contributed by atoms with E-state index in [1.165, 1.54) is 135 Å². The highest BCUT2D eigenvalue weighted by Gasteiger charge is 2.19. The maximum absolute atomic E-state index is 12.9. The van der Waals surface area contributed by atoms with Crippen molar-refractivity contribution in [3.05, 3.63) is 109 Å². The molecule has 76 heavy (non-hydrogen) atoms. The van der Waals surface area contributed by atoms with E-state index >= 15 is 0 Å². The molecular formula is C70H118O6. The van der Waals surface area contributed by atoms with Gasteiger partial charge in [-0.3, -0.25) is 14.4 Å². The molecule has 1 atom stereocenters. The number of carbonyl (C=O) groups is 3. The maximum atomic E-state index is 12.9. The van der Waals surface area contributed by atoms with Gasteiger partial charge in [0, 0.05) is 19.3 Å². The Morgan fingerprint density at radius 1 is 0.276 bits per heavy atom. The third-order valence-corrected chi connectivity index (χ3v) is 13.5. The third kappa shape index (κ3) is 60.9. The molecule has 6 heteroatoms. The van der Waals surface area contributed by atoms with E-state index in [2.05, 4.69) is 130 Å². The van der Waals surface area contributed by atoms with Crippen molar-refractivity contribution in [2.75, 3.05) is 13.2 Å². The highest BCUT2D eigenvalue weighted by molar-refractivity contribution is 5.71. The number of hydrogen-bond donors (Lipinski definition) is 0. The molecule has 0 aromatic heterocycles. The molecule has 0 bridgehead atoms. The van der Waals surface area contributed by atoms with Gasteiger partial charge < -0.3 is 14.2 Å². The summed E-state index contributed by atoms with van der Waals surface area (Å²) in [5.41, 5.74) is 0. The molecule has 0 fully saturated rings. The van der Waals surface area contributed by atoms with E-state index in [1.807, 2.05) is 0 Å². The van der Waals surface area contributed by atoms with Crippen LogP contribution in [0.4, 0.5) is 0 Å². The Morgan fingerprint density at radius 2 is 0.513 bits per heavy atom. The fraction of sp³-hybridized carbons (Fsp3) is 0.700. The summed E-state index contributed by atoms with van der Waals surface area (Å²) in [6.07, 6.45) is 86.8. The van der Waals surface area contributed by atoms with E-state index in [1.54, 1.807) is 0 Å². The van der Waals surface area contributed by atoms with Crippen molar-refractivity contribution in [1.29, 1.82) is 0 Å². The van der Waals surface area contributed by atoms with E-state index in [4.69, 9.17) is 14.2 Å². The van der Waals surface area contributed by atoms with Gasteiger partial charge in [-0.1, -0.05) is 278 Å². The highest BCUT2D eigenvalue weighted by atomic mass is 16.6. The summed E-state index contributed by atoms with van der Waals surface area (Å²) in [7, 11) is 0. The van der Waals surface area contributed by atoms with Crippen LogP contribution in [0.15, 0.2) is 109 Å². The highest BCUT2D eigenvalue weighted by Crippen LogP contribution is 2.15. The van der Waals surface area contributed by atoms with Gasteiger partial charge in [0.25, 0.3) is 0 Å². The Balaban J connectivity index is 4.26. The lowest BCUT2D eigenvalue weighted by atomic mass is 10.1. The van der Waals surface area contributed by atoms with Gasteiger partial charge >= 0.3 is 17.9 Å². The Bertz CT molecular complexity index is 1540. The van der Waals surface area contributed by atoms with E-state index in [0.29, 0.717) is 19.3 Å². The molecule has 0 aliphatic rings. The van der Waals surface area contributed by atoms with E-state index in [-0.39, 0.29) is 31.1 Å². The molecule has 6 nitrogen and oxygen atoms in total. The molecule has 0 aliphatic carbocycles. The minimum Gasteiger partial charge on any atom is -0.462 e. The minimum atomic E-state index is -0.789. The summed E-state index contributed by atoms with van der Waals surface area (Å²) in [5.74, 6) is -0.913. The third-order valence-electron chi connectivity index (χ3n) is 13.5. The molecule has 434 valence electrons. The average Bonchev–Trinajstić information content (AvgIpc) is 3.42. The number of esters is 3. The monoisotopic (exact) mass is 1050 g/mol. The molecule has 0 spiro atoms. The Labute approximate surface area is 470 Å². The Hall–Kier alpha value is -3.93. The van der Waals surface area contributed by atoms with Crippen LogP contribution < -0.4 is 0 Å². The van der Waals surface area contributed by atoms with Crippen LogP contribution in [0.25, 0.3) is 0 Å². The molecule has 0 amide bonds. The van der Waals surface area contributed by atoms with Gasteiger partial charge in [0.2, 0.25) is 0 Å². The van der Waals surface area contributed by atoms with Crippen LogP contribution in [-0.2, 0) is 28.6 Å². The second kappa shape index (κ2) is 63.6. The zero-order chi connectivity index (χ0) is 55.0. The average molecular weight is 1060 g/mol. The first-order valence-electron chi connectivity index (χ1n) is 31.9. The zero-order valence-electron chi connectivity index (χ0n) is 49.7. The summed E-state index contributed by atoms with van der Waals surface area (Å²) < 4.78 is 16.8. The molecular weight excluding hydrogens is 937 g/mol. The Kier molecular flexibility index (Phi) is 60.3. The first-order valence-corrected chi connectivity index (χ1v) is 31.9. The van der Waals surface area contributed by atoms with Gasteiger partial charge in [0.15, 0.2) is 6.10 Å². The number of ether oxygens (including phenoxy) is 3. The van der Waals surface area contributed by atoms with E-state index in [0.717, 1.165) is 122 Å². The van der Waals surface area contributed by atoms with Crippen molar-refractivity contribution in [1.82, 2.24) is 0 Å². The van der Waals surface area contributed by atoms with Crippen LogP contribution in [0.3, 0.4) is 0 Å². The molecule has 0 aromatic carbocycles. The second-order valence-corrected chi connectivity index (χ2v) is 20.9. The largest absolute Gasteiger partial charge is 0.462 e. The smallest absolute Gasteiger partial charge is 0.306 e. The van der Waals surface area contributed by atoms with Crippen LogP contribution in [0.5, 0.6) is 0 Å². The summed E-state index contributed by atoms with van der Waals surface area (Å²) in [5, 5.41) is 0. The summed E-state index contributed by atoms with van der Waals surface area (Å²) >= 11 is 0. The van der Waals surface area contributed by atoms with Crippen molar-refractivity contribution in [2.45, 2.75) is 303 Å². The van der Waals surface area contributed by atoms with E-state index in [9.17, 15) is 14.4 Å². The predicted molar refractivity (Wildman–Crippen MR) is 330 cm³/mol. The maximum Gasteiger partial charge on any atom is 0.306 e. The van der Waals surface area contributed by atoms with Crippen LogP contribution in [0.2, 0.25) is 0 Å². The van der Waals surface area contributed by atoms with Crippen LogP contribution in [-0.4, -0.2) is 37.2 Å². The lowest BCUT2D eigenvalue weighted by Crippen LogP contribution is -2.30. The molecule has 0 N–H and O–H groups in total. The van der Waals surface area contributed by atoms with Crippen LogP contribution in [0, 0.1) is 0 Å². The molecule has 0 aromatic rings. The number of allylic oxidation sites excluding steroid dienone is 18. The fourth-order valence-corrected chi connectivity index (χ4v) is 8.75.